The zero-order valence-electron chi connectivity index (χ0n) is 12.2. The molecule has 0 atom stereocenters. The normalized spacial score (nSPS) is 16.3. The lowest BCUT2D eigenvalue weighted by molar-refractivity contribution is -0.385. The Morgan fingerprint density at radius 2 is 1.77 bits per heavy atom. The number of sulfonamides is 1. The van der Waals surface area contributed by atoms with Crippen LogP contribution in [-0.2, 0) is 10.0 Å². The molecule has 122 valence electrons. The molecule has 22 heavy (non-hydrogen) atoms. The van der Waals surface area contributed by atoms with E-state index >= 15 is 0 Å². The third kappa shape index (κ3) is 2.98. The zero-order valence-corrected chi connectivity index (χ0v) is 13.1. The number of ether oxygens (including phenoxy) is 2. The van der Waals surface area contributed by atoms with Crippen LogP contribution < -0.4 is 14.8 Å². The number of hydrogen-bond donors (Lipinski definition) is 1. The fourth-order valence-corrected chi connectivity index (χ4v) is 3.82. The monoisotopic (exact) mass is 331 g/mol. The molecule has 0 saturated carbocycles. The first-order chi connectivity index (χ1) is 10.4. The molecular formula is C12H17N3O6S. The van der Waals surface area contributed by atoms with E-state index in [2.05, 4.69) is 5.32 Å². The Morgan fingerprint density at radius 1 is 1.18 bits per heavy atom. The molecule has 1 N–H and O–H groups in total. The Hall–Kier alpha value is -1.91. The molecule has 0 aliphatic carbocycles. The van der Waals surface area contributed by atoms with Crippen molar-refractivity contribution >= 4 is 15.7 Å². The fourth-order valence-electron chi connectivity index (χ4n) is 2.22. The summed E-state index contributed by atoms with van der Waals surface area (Å²) in [6.07, 6.45) is 0. The van der Waals surface area contributed by atoms with Gasteiger partial charge in [0.05, 0.1) is 25.2 Å². The van der Waals surface area contributed by atoms with Gasteiger partial charge in [0.2, 0.25) is 10.0 Å². The van der Waals surface area contributed by atoms with Crippen molar-refractivity contribution in [2.24, 2.45) is 0 Å². The maximum absolute atomic E-state index is 12.7. The van der Waals surface area contributed by atoms with E-state index in [4.69, 9.17) is 9.47 Å². The van der Waals surface area contributed by atoms with Gasteiger partial charge in [-0.15, -0.1) is 0 Å². The maximum atomic E-state index is 12.7. The van der Waals surface area contributed by atoms with Crippen LogP contribution >= 0.6 is 0 Å². The lowest BCUT2D eigenvalue weighted by Gasteiger charge is -2.27. The Bertz CT molecular complexity index is 670. The molecule has 10 heteroatoms. The van der Waals surface area contributed by atoms with E-state index in [1.54, 1.807) is 0 Å². The molecule has 1 aliphatic rings. The summed E-state index contributed by atoms with van der Waals surface area (Å²) >= 11 is 0. The minimum absolute atomic E-state index is 0.0777. The van der Waals surface area contributed by atoms with Crippen molar-refractivity contribution < 1.29 is 22.8 Å². The molecule has 1 heterocycles. The Morgan fingerprint density at radius 3 is 2.27 bits per heavy atom. The summed E-state index contributed by atoms with van der Waals surface area (Å²) in [6.45, 7) is 1.74. The van der Waals surface area contributed by atoms with Gasteiger partial charge in [-0.05, 0) is 0 Å². The SMILES string of the molecule is COc1cc(S(=O)(=O)N2CCNCC2)c(OC)cc1[N+](=O)[O-]. The first-order valence-corrected chi connectivity index (χ1v) is 7.97. The van der Waals surface area contributed by atoms with Gasteiger partial charge in [0.15, 0.2) is 5.75 Å². The first-order valence-electron chi connectivity index (χ1n) is 6.53. The second kappa shape index (κ2) is 6.46. The van der Waals surface area contributed by atoms with E-state index in [1.807, 2.05) is 0 Å². The van der Waals surface area contributed by atoms with E-state index in [9.17, 15) is 18.5 Å². The quantitative estimate of drug-likeness (QED) is 0.606. The van der Waals surface area contributed by atoms with Crippen molar-refractivity contribution in [3.05, 3.63) is 22.2 Å². The molecule has 0 amide bonds. The third-order valence-electron chi connectivity index (χ3n) is 3.36. The van der Waals surface area contributed by atoms with Gasteiger partial charge >= 0.3 is 5.69 Å². The number of nitrogens with zero attached hydrogens (tertiary/aromatic N) is 2. The number of nitro benzene ring substituents is 1. The zero-order chi connectivity index (χ0) is 16.3. The van der Waals surface area contributed by atoms with Crippen LogP contribution in [0.4, 0.5) is 5.69 Å². The Balaban J connectivity index is 2.55. The van der Waals surface area contributed by atoms with Crippen LogP contribution in [0.1, 0.15) is 0 Å². The van der Waals surface area contributed by atoms with Crippen LogP contribution in [0.5, 0.6) is 11.5 Å². The molecule has 0 unspecified atom stereocenters. The maximum Gasteiger partial charge on any atom is 0.314 e. The van der Waals surface area contributed by atoms with E-state index in [0.717, 1.165) is 12.1 Å². The molecule has 0 radical (unpaired) electrons. The van der Waals surface area contributed by atoms with E-state index in [1.165, 1.54) is 18.5 Å². The summed E-state index contributed by atoms with van der Waals surface area (Å²) in [4.78, 5) is 10.2. The molecule has 9 nitrogen and oxygen atoms in total. The van der Waals surface area contributed by atoms with Gasteiger partial charge < -0.3 is 14.8 Å². The second-order valence-corrected chi connectivity index (χ2v) is 6.49. The van der Waals surface area contributed by atoms with Crippen molar-refractivity contribution in [2.75, 3.05) is 40.4 Å². The van der Waals surface area contributed by atoms with Crippen molar-refractivity contribution in [3.8, 4) is 11.5 Å². The smallest absolute Gasteiger partial charge is 0.314 e. The van der Waals surface area contributed by atoms with Gasteiger partial charge in [0.1, 0.15) is 10.6 Å². The summed E-state index contributed by atoms with van der Waals surface area (Å²) in [5.41, 5.74) is -0.349. The molecule has 1 aromatic rings. The predicted octanol–water partition coefficient (Wildman–Crippen LogP) is 0.206. The van der Waals surface area contributed by atoms with E-state index < -0.39 is 14.9 Å². The molecule has 1 saturated heterocycles. The number of methoxy groups -OCH3 is 2. The highest BCUT2D eigenvalue weighted by Crippen LogP contribution is 2.37. The van der Waals surface area contributed by atoms with Crippen molar-refractivity contribution in [2.45, 2.75) is 4.90 Å². The van der Waals surface area contributed by atoms with Gasteiger partial charge in [0.25, 0.3) is 0 Å². The average molecular weight is 331 g/mol. The highest BCUT2D eigenvalue weighted by atomic mass is 32.2. The lowest BCUT2D eigenvalue weighted by Crippen LogP contribution is -2.46. The topological polar surface area (TPSA) is 111 Å². The molecule has 2 rings (SSSR count). The number of piperazine rings is 1. The molecule has 1 aromatic carbocycles. The minimum Gasteiger partial charge on any atom is -0.495 e. The van der Waals surface area contributed by atoms with Gasteiger partial charge in [-0.3, -0.25) is 10.1 Å². The molecule has 1 aliphatic heterocycles. The fraction of sp³-hybridized carbons (Fsp3) is 0.500. The van der Waals surface area contributed by atoms with Crippen molar-refractivity contribution in [1.82, 2.24) is 9.62 Å². The van der Waals surface area contributed by atoms with Crippen LogP contribution in [0.15, 0.2) is 17.0 Å². The average Bonchev–Trinajstić information content (AvgIpc) is 2.54. The number of rotatable bonds is 5. The van der Waals surface area contributed by atoms with Crippen LogP contribution in [0, 0.1) is 10.1 Å². The van der Waals surface area contributed by atoms with E-state index in [-0.39, 0.29) is 22.1 Å². The van der Waals surface area contributed by atoms with Crippen molar-refractivity contribution in [1.29, 1.82) is 0 Å². The van der Waals surface area contributed by atoms with Crippen molar-refractivity contribution in [3.63, 3.8) is 0 Å². The van der Waals surface area contributed by atoms with Gasteiger partial charge in [-0.1, -0.05) is 0 Å². The predicted molar refractivity (Wildman–Crippen MR) is 77.8 cm³/mol. The largest absolute Gasteiger partial charge is 0.495 e. The van der Waals surface area contributed by atoms with Crippen LogP contribution in [0.2, 0.25) is 0 Å². The molecule has 0 spiro atoms. The van der Waals surface area contributed by atoms with Crippen LogP contribution in [0.3, 0.4) is 0 Å². The highest BCUT2D eigenvalue weighted by molar-refractivity contribution is 7.89. The van der Waals surface area contributed by atoms with Gasteiger partial charge in [-0.25, -0.2) is 8.42 Å². The summed E-state index contributed by atoms with van der Waals surface area (Å²) in [7, 11) is -1.30. The molecule has 0 aromatic heterocycles. The molecular weight excluding hydrogens is 314 g/mol. The lowest BCUT2D eigenvalue weighted by atomic mass is 10.3. The van der Waals surface area contributed by atoms with Crippen LogP contribution in [-0.4, -0.2) is 58.0 Å². The number of hydrogen-bond acceptors (Lipinski definition) is 7. The highest BCUT2D eigenvalue weighted by Gasteiger charge is 2.32. The molecule has 0 bridgehead atoms. The molecule has 1 fully saturated rings. The summed E-state index contributed by atoms with van der Waals surface area (Å²) in [5, 5.41) is 14.1. The minimum atomic E-state index is -3.81. The second-order valence-electron chi connectivity index (χ2n) is 4.59. The number of nitrogens with one attached hydrogen (secondary N) is 1. The van der Waals surface area contributed by atoms with Gasteiger partial charge in [-0.2, -0.15) is 4.31 Å². The standard InChI is InChI=1S/C12H17N3O6S/c1-20-10-8-12(11(21-2)7-9(10)15(16)17)22(18,19)14-5-3-13-4-6-14/h7-8,13H,3-6H2,1-2H3. The number of benzene rings is 1. The first kappa shape index (κ1) is 16.5. The summed E-state index contributed by atoms with van der Waals surface area (Å²) in [6, 6.07) is 2.20. The summed E-state index contributed by atoms with van der Waals surface area (Å²) < 4.78 is 36.7. The van der Waals surface area contributed by atoms with Crippen LogP contribution in [0.25, 0.3) is 0 Å². The summed E-state index contributed by atoms with van der Waals surface area (Å²) in [5.74, 6) is -0.203. The Kier molecular flexibility index (Phi) is 4.84. The van der Waals surface area contributed by atoms with Gasteiger partial charge in [0, 0.05) is 32.2 Å². The van der Waals surface area contributed by atoms with E-state index in [0.29, 0.717) is 26.2 Å². The Labute approximate surface area is 128 Å². The third-order valence-corrected chi connectivity index (χ3v) is 5.28. The number of nitro groups is 1.